The number of halogens is 1. The lowest BCUT2D eigenvalue weighted by Gasteiger charge is -2.12. The van der Waals surface area contributed by atoms with Gasteiger partial charge in [0.15, 0.2) is 5.78 Å². The Hall–Kier alpha value is -3.36. The predicted octanol–water partition coefficient (Wildman–Crippen LogP) is 8.42. The molecule has 2 heterocycles. The summed E-state index contributed by atoms with van der Waals surface area (Å²) in [6.45, 7) is 7.51. The van der Waals surface area contributed by atoms with Gasteiger partial charge in [0.1, 0.15) is 5.78 Å². The van der Waals surface area contributed by atoms with Crippen molar-refractivity contribution in [3.63, 3.8) is 0 Å². The number of thioether (sulfide) groups is 3. The van der Waals surface area contributed by atoms with E-state index in [1.54, 1.807) is 35.3 Å². The molecule has 0 atom stereocenters. The minimum absolute atomic E-state index is 0.0397. The first-order valence-corrected chi connectivity index (χ1v) is 27.4. The lowest BCUT2D eigenvalue weighted by Crippen LogP contribution is -2.12. The van der Waals surface area contributed by atoms with Crippen LogP contribution in [0.15, 0.2) is 112 Å². The molecule has 342 valence electrons. The molecule has 0 amide bonds. The van der Waals surface area contributed by atoms with Crippen molar-refractivity contribution in [2.45, 2.75) is 61.4 Å². The summed E-state index contributed by atoms with van der Waals surface area (Å²) >= 11 is 5.09. The fraction of sp³-hybridized carbons (Fsp3) is 0.364. The molecule has 0 saturated carbocycles. The number of hydrogen-bond acceptors (Lipinski definition) is 13. The Balaban J connectivity index is 0.000000427. The zero-order valence-electron chi connectivity index (χ0n) is 36.5. The predicted molar refractivity (Wildman–Crippen MR) is 260 cm³/mol. The van der Waals surface area contributed by atoms with Gasteiger partial charge in [-0.15, -0.1) is 35.3 Å². The molecule has 3 aromatic carbocycles. The number of aliphatic hydroxyl groups excluding tert-OH is 2. The third-order valence-electron chi connectivity index (χ3n) is 8.35. The van der Waals surface area contributed by atoms with Gasteiger partial charge in [-0.1, -0.05) is 36.4 Å². The van der Waals surface area contributed by atoms with Crippen molar-refractivity contribution in [3.8, 4) is 22.5 Å². The number of aromatic nitrogens is 2. The smallest absolute Gasteiger partial charge is 0.264 e. The van der Waals surface area contributed by atoms with Crippen molar-refractivity contribution in [1.29, 1.82) is 0 Å². The summed E-state index contributed by atoms with van der Waals surface area (Å²) in [5.74, 6) is 0.0990. The first kappa shape index (κ1) is 56.7. The Morgan fingerprint density at radius 3 is 1.34 bits per heavy atom. The molecule has 0 fully saturated rings. The maximum atomic E-state index is 11.6. The summed E-state index contributed by atoms with van der Waals surface area (Å²) in [5.41, 5.74) is 12.3. The third-order valence-corrected chi connectivity index (χ3v) is 11.2. The third kappa shape index (κ3) is 23.4. The zero-order valence-corrected chi connectivity index (χ0v) is 41.4. The molecule has 0 radical (unpaired) electrons. The standard InChI is InChI=1S/C15H19NO3S2.C14H17NOS.C12H14O2S.C2H7NO.CH3ClO2S/c1-12-4-9-15(13-5-7-14(20-2)8-6-13)16(12)10-11-19-21(3,17)18;1-11-3-8-14(15(11)9-10-16)12-4-6-13(17-2)7-5-12;1-9(13)3-8-12(14)10-4-6-11(15-2)7-5-10;3-1-2-4;1-5(2,3)4/h4-9H,10-11H2,1-3H3;3-8,16H,9-10H2,1-2H3;4-7H,3,8H2,1-2H3;4H,1-3H2;1H3. The number of nitrogens with zero attached hydrogens (tertiary/aromatic N) is 2. The second kappa shape index (κ2) is 29.9. The van der Waals surface area contributed by atoms with E-state index in [0.29, 0.717) is 38.0 Å². The quantitative estimate of drug-likeness (QED) is 0.0371. The molecule has 2 aromatic heterocycles. The highest BCUT2D eigenvalue weighted by Gasteiger charge is 2.10. The molecular weight excluding hydrogens is 910 g/mol. The number of aryl methyl sites for hydroxylation is 2. The van der Waals surface area contributed by atoms with Gasteiger partial charge in [-0.3, -0.25) is 8.98 Å². The van der Waals surface area contributed by atoms with Crippen LogP contribution in [0.1, 0.15) is 41.5 Å². The van der Waals surface area contributed by atoms with E-state index in [0.717, 1.165) is 34.4 Å². The molecule has 0 spiro atoms. The van der Waals surface area contributed by atoms with Crippen LogP contribution in [0, 0.1) is 13.8 Å². The van der Waals surface area contributed by atoms with Gasteiger partial charge in [-0.25, -0.2) is 8.42 Å². The van der Waals surface area contributed by atoms with Crippen LogP contribution in [0.2, 0.25) is 0 Å². The van der Waals surface area contributed by atoms with Gasteiger partial charge < -0.3 is 29.9 Å². The number of nitrogens with two attached hydrogens (primary N) is 1. The van der Waals surface area contributed by atoms with Crippen molar-refractivity contribution in [3.05, 3.63) is 114 Å². The second-order valence-electron chi connectivity index (χ2n) is 13.3. The number of benzene rings is 3. The van der Waals surface area contributed by atoms with Crippen molar-refractivity contribution in [1.82, 2.24) is 9.13 Å². The highest BCUT2D eigenvalue weighted by molar-refractivity contribution is 8.13. The maximum Gasteiger partial charge on any atom is 0.264 e. The van der Waals surface area contributed by atoms with Gasteiger partial charge in [0.05, 0.1) is 32.3 Å². The van der Waals surface area contributed by atoms with E-state index >= 15 is 0 Å². The van der Waals surface area contributed by atoms with Crippen molar-refractivity contribution in [2.75, 3.05) is 57.6 Å². The molecule has 0 saturated heterocycles. The second-order valence-corrected chi connectivity index (χ2v) is 20.6. The maximum absolute atomic E-state index is 11.6. The lowest BCUT2D eigenvalue weighted by atomic mass is 10.1. The monoisotopic (exact) mass is 969 g/mol. The normalized spacial score (nSPS) is 10.8. The van der Waals surface area contributed by atoms with E-state index in [9.17, 15) is 26.4 Å². The topological polar surface area (TPSA) is 188 Å². The van der Waals surface area contributed by atoms with Crippen molar-refractivity contribution >= 4 is 76.7 Å². The minimum atomic E-state index is -3.39. The SMILES string of the molecule is CS(=O)(=O)Cl.CSc1ccc(-c2ccc(C)n2CCO)cc1.CSc1ccc(-c2ccc(C)n2CCOS(C)(=O)=O)cc1.CSc1ccc(C(=O)CCC(C)=O)cc1.NCCO. The number of rotatable bonds is 16. The number of carbonyl (C=O) groups excluding carboxylic acids is 2. The Morgan fingerprint density at radius 1 is 0.645 bits per heavy atom. The van der Waals surface area contributed by atoms with Gasteiger partial charge >= 0.3 is 0 Å². The lowest BCUT2D eigenvalue weighted by molar-refractivity contribution is -0.117. The van der Waals surface area contributed by atoms with E-state index in [2.05, 4.69) is 93.7 Å². The van der Waals surface area contributed by atoms with Crippen LogP contribution < -0.4 is 5.73 Å². The average molecular weight is 971 g/mol. The van der Waals surface area contributed by atoms with E-state index in [4.69, 9.17) is 20.1 Å². The minimum Gasteiger partial charge on any atom is -0.395 e. The fourth-order valence-corrected chi connectivity index (χ4v) is 6.95. The summed E-state index contributed by atoms with van der Waals surface area (Å²) < 4.78 is 49.9. The van der Waals surface area contributed by atoms with Gasteiger partial charge in [-0.2, -0.15) is 8.42 Å². The zero-order chi connectivity index (χ0) is 46.9. The molecule has 62 heavy (non-hydrogen) atoms. The first-order valence-electron chi connectivity index (χ1n) is 19.1. The summed E-state index contributed by atoms with van der Waals surface area (Å²) in [7, 11) is -2.08. The molecule has 0 aliphatic heterocycles. The van der Waals surface area contributed by atoms with E-state index in [1.807, 2.05) is 55.8 Å². The molecule has 4 N–H and O–H groups in total. The fourth-order valence-electron chi connectivity index (χ4n) is 5.35. The highest BCUT2D eigenvalue weighted by Crippen LogP contribution is 2.26. The molecule has 5 aromatic rings. The molecular formula is C44H60ClN3O9S5. The summed E-state index contributed by atoms with van der Waals surface area (Å²) in [4.78, 5) is 25.9. The molecule has 0 aliphatic carbocycles. The van der Waals surface area contributed by atoms with Gasteiger partial charge in [0.2, 0.25) is 9.05 Å². The number of Topliss-reactive ketones (excluding diaryl/α,β-unsaturated/α-hetero) is 2. The van der Waals surface area contributed by atoms with Crippen LogP contribution in [-0.4, -0.2) is 105 Å². The van der Waals surface area contributed by atoms with Gasteiger partial charge in [-0.05, 0) is 111 Å². The van der Waals surface area contributed by atoms with Crippen LogP contribution in [-0.2, 0) is 41.2 Å². The van der Waals surface area contributed by atoms with E-state index < -0.39 is 19.2 Å². The average Bonchev–Trinajstić information content (AvgIpc) is 3.80. The number of ketones is 2. The molecule has 12 nitrogen and oxygen atoms in total. The van der Waals surface area contributed by atoms with E-state index in [1.165, 1.54) is 33.7 Å². The Labute approximate surface area is 385 Å². The molecule has 18 heteroatoms. The molecule has 0 bridgehead atoms. The summed E-state index contributed by atoms with van der Waals surface area (Å²) in [6.07, 6.45) is 8.76. The van der Waals surface area contributed by atoms with Crippen LogP contribution >= 0.6 is 46.0 Å². The van der Waals surface area contributed by atoms with Gasteiger partial charge in [0.25, 0.3) is 10.1 Å². The summed E-state index contributed by atoms with van der Waals surface area (Å²) in [6, 6.07) is 32.6. The van der Waals surface area contributed by atoms with Crippen molar-refractivity contribution < 1.29 is 40.8 Å². The molecule has 0 unspecified atom stereocenters. The number of hydrogen-bond donors (Lipinski definition) is 3. The number of carbonyl (C=O) groups is 2. The Kier molecular flexibility index (Phi) is 27.3. The Morgan fingerprint density at radius 2 is 1.02 bits per heavy atom. The summed E-state index contributed by atoms with van der Waals surface area (Å²) in [5, 5.41) is 16.8. The van der Waals surface area contributed by atoms with Crippen LogP contribution in [0.25, 0.3) is 22.5 Å². The van der Waals surface area contributed by atoms with Crippen LogP contribution in [0.5, 0.6) is 0 Å². The Bertz CT molecular complexity index is 2290. The highest BCUT2D eigenvalue weighted by atomic mass is 35.7. The van der Waals surface area contributed by atoms with Crippen LogP contribution in [0.4, 0.5) is 0 Å². The first-order chi connectivity index (χ1) is 29.2. The van der Waals surface area contributed by atoms with Crippen LogP contribution in [0.3, 0.4) is 0 Å². The van der Waals surface area contributed by atoms with E-state index in [-0.39, 0.29) is 31.4 Å². The number of aliphatic hydroxyl groups is 2. The molecule has 5 rings (SSSR count). The largest absolute Gasteiger partial charge is 0.395 e. The van der Waals surface area contributed by atoms with Crippen molar-refractivity contribution in [2.24, 2.45) is 5.73 Å². The van der Waals surface area contributed by atoms with Gasteiger partial charge in [0, 0.05) is 86.2 Å². The molecule has 0 aliphatic rings.